The van der Waals surface area contributed by atoms with Crippen LogP contribution >= 0.6 is 0 Å². The standard InChI is InChI=1S/C15H21N3O3/c1-2-17(11-12-7-5-6-10-16-12)15(19)13-8-3-4-9-14(13)18(20)21/h3-4,8-9,12,16H,2,5-7,10-11H2,1H3. The molecule has 1 aromatic rings. The number of carbonyl (C=O) groups is 1. The molecule has 1 aromatic carbocycles. The Hall–Kier alpha value is -1.95. The zero-order valence-electron chi connectivity index (χ0n) is 12.2. The number of likely N-dealkylation sites (N-methyl/N-ethyl adjacent to an activating group) is 1. The summed E-state index contributed by atoms with van der Waals surface area (Å²) in [5.74, 6) is -0.267. The molecule has 1 fully saturated rings. The minimum Gasteiger partial charge on any atom is -0.337 e. The summed E-state index contributed by atoms with van der Waals surface area (Å²) in [6.45, 7) is 4.02. The van der Waals surface area contributed by atoms with E-state index in [-0.39, 0.29) is 23.2 Å². The van der Waals surface area contributed by atoms with Crippen LogP contribution in [-0.2, 0) is 0 Å². The first-order valence-electron chi connectivity index (χ1n) is 7.39. The highest BCUT2D eigenvalue weighted by Crippen LogP contribution is 2.20. The van der Waals surface area contributed by atoms with Crippen molar-refractivity contribution in [1.29, 1.82) is 0 Å². The Labute approximate surface area is 124 Å². The number of benzene rings is 1. The molecule has 6 nitrogen and oxygen atoms in total. The summed E-state index contributed by atoms with van der Waals surface area (Å²) >= 11 is 0. The van der Waals surface area contributed by atoms with E-state index in [9.17, 15) is 14.9 Å². The van der Waals surface area contributed by atoms with Crippen molar-refractivity contribution in [1.82, 2.24) is 10.2 Å². The topological polar surface area (TPSA) is 75.5 Å². The van der Waals surface area contributed by atoms with Crippen LogP contribution < -0.4 is 5.32 Å². The molecule has 1 atom stereocenters. The number of para-hydroxylation sites is 1. The first kappa shape index (κ1) is 15.4. The van der Waals surface area contributed by atoms with Crippen molar-refractivity contribution < 1.29 is 9.72 Å². The van der Waals surface area contributed by atoms with Gasteiger partial charge < -0.3 is 10.2 Å². The van der Waals surface area contributed by atoms with Crippen molar-refractivity contribution in [2.75, 3.05) is 19.6 Å². The molecule has 6 heteroatoms. The van der Waals surface area contributed by atoms with Crippen LogP contribution in [0.5, 0.6) is 0 Å². The smallest absolute Gasteiger partial charge is 0.282 e. The van der Waals surface area contributed by atoms with Crippen LogP contribution in [0.4, 0.5) is 5.69 Å². The van der Waals surface area contributed by atoms with E-state index in [1.165, 1.54) is 18.6 Å². The molecule has 1 aliphatic heterocycles. The number of hydrogen-bond acceptors (Lipinski definition) is 4. The number of piperidine rings is 1. The molecule has 2 rings (SSSR count). The van der Waals surface area contributed by atoms with E-state index in [0.29, 0.717) is 13.1 Å². The lowest BCUT2D eigenvalue weighted by molar-refractivity contribution is -0.385. The van der Waals surface area contributed by atoms with Crippen LogP contribution in [0.25, 0.3) is 0 Å². The third-order valence-electron chi connectivity index (χ3n) is 3.85. The molecule has 21 heavy (non-hydrogen) atoms. The molecule has 0 spiro atoms. The summed E-state index contributed by atoms with van der Waals surface area (Å²) in [6.07, 6.45) is 3.37. The van der Waals surface area contributed by atoms with E-state index < -0.39 is 4.92 Å². The van der Waals surface area contributed by atoms with Gasteiger partial charge in [0.15, 0.2) is 0 Å². The number of amides is 1. The molecule has 0 radical (unpaired) electrons. The van der Waals surface area contributed by atoms with E-state index in [4.69, 9.17) is 0 Å². The molecule has 0 aromatic heterocycles. The first-order valence-corrected chi connectivity index (χ1v) is 7.39. The molecule has 114 valence electrons. The van der Waals surface area contributed by atoms with Gasteiger partial charge in [0, 0.05) is 25.2 Å². The van der Waals surface area contributed by atoms with E-state index in [0.717, 1.165) is 19.4 Å². The van der Waals surface area contributed by atoms with Gasteiger partial charge in [-0.1, -0.05) is 18.6 Å². The van der Waals surface area contributed by atoms with Gasteiger partial charge >= 0.3 is 0 Å². The maximum absolute atomic E-state index is 12.6. The lowest BCUT2D eigenvalue weighted by Crippen LogP contribution is -2.45. The molecule has 0 aliphatic carbocycles. The van der Waals surface area contributed by atoms with Crippen LogP contribution in [-0.4, -0.2) is 41.4 Å². The summed E-state index contributed by atoms with van der Waals surface area (Å²) in [4.78, 5) is 24.8. The third kappa shape index (κ3) is 3.78. The molecule has 1 saturated heterocycles. The van der Waals surface area contributed by atoms with E-state index in [1.54, 1.807) is 17.0 Å². The SMILES string of the molecule is CCN(CC1CCCCN1)C(=O)c1ccccc1[N+](=O)[O-]. The highest BCUT2D eigenvalue weighted by molar-refractivity contribution is 5.98. The number of nitrogens with zero attached hydrogens (tertiary/aromatic N) is 2. The Kier molecular flexibility index (Phi) is 5.27. The average molecular weight is 291 g/mol. The molecule has 0 bridgehead atoms. The van der Waals surface area contributed by atoms with E-state index >= 15 is 0 Å². The second-order valence-electron chi connectivity index (χ2n) is 5.26. The minimum atomic E-state index is -0.500. The average Bonchev–Trinajstić information content (AvgIpc) is 2.53. The molecule has 1 aliphatic rings. The highest BCUT2D eigenvalue weighted by Gasteiger charge is 2.25. The van der Waals surface area contributed by atoms with Crippen LogP contribution in [0.15, 0.2) is 24.3 Å². The summed E-state index contributed by atoms with van der Waals surface area (Å²) in [7, 11) is 0. The van der Waals surface area contributed by atoms with Gasteiger partial charge in [-0.2, -0.15) is 0 Å². The molecule has 1 N–H and O–H groups in total. The Morgan fingerprint density at radius 1 is 1.43 bits per heavy atom. The Balaban J connectivity index is 2.14. The lowest BCUT2D eigenvalue weighted by atomic mass is 10.0. The Bertz CT molecular complexity index is 513. The van der Waals surface area contributed by atoms with E-state index in [1.807, 2.05) is 6.92 Å². The van der Waals surface area contributed by atoms with Gasteiger partial charge in [0.05, 0.1) is 4.92 Å². The largest absolute Gasteiger partial charge is 0.337 e. The predicted octanol–water partition coefficient (Wildman–Crippen LogP) is 2.20. The maximum atomic E-state index is 12.6. The second kappa shape index (κ2) is 7.17. The lowest BCUT2D eigenvalue weighted by Gasteiger charge is -2.30. The quantitative estimate of drug-likeness (QED) is 0.666. The van der Waals surface area contributed by atoms with Crippen molar-refractivity contribution in [2.45, 2.75) is 32.2 Å². The Morgan fingerprint density at radius 2 is 2.19 bits per heavy atom. The van der Waals surface area contributed by atoms with Crippen LogP contribution in [0, 0.1) is 10.1 Å². The first-order chi connectivity index (χ1) is 10.1. The van der Waals surface area contributed by atoms with Crippen molar-refractivity contribution in [2.24, 2.45) is 0 Å². The number of nitro groups is 1. The minimum absolute atomic E-state index is 0.127. The number of rotatable bonds is 5. The van der Waals surface area contributed by atoms with Crippen LogP contribution in [0.2, 0.25) is 0 Å². The van der Waals surface area contributed by atoms with Crippen molar-refractivity contribution in [3.63, 3.8) is 0 Å². The molecule has 1 unspecified atom stereocenters. The number of nitrogens with one attached hydrogen (secondary N) is 1. The van der Waals surface area contributed by atoms with Crippen LogP contribution in [0.3, 0.4) is 0 Å². The molecular weight excluding hydrogens is 270 g/mol. The molecule has 1 heterocycles. The van der Waals surface area contributed by atoms with E-state index in [2.05, 4.69) is 5.32 Å². The fraction of sp³-hybridized carbons (Fsp3) is 0.533. The van der Waals surface area contributed by atoms with Gasteiger partial charge in [-0.3, -0.25) is 14.9 Å². The maximum Gasteiger partial charge on any atom is 0.282 e. The van der Waals surface area contributed by atoms with Gasteiger partial charge in [-0.25, -0.2) is 0 Å². The summed E-state index contributed by atoms with van der Waals surface area (Å²) in [5.41, 5.74) is 0.0395. The fourth-order valence-corrected chi connectivity index (χ4v) is 2.69. The van der Waals surface area contributed by atoms with Gasteiger partial charge in [0.2, 0.25) is 0 Å². The number of nitro benzene ring substituents is 1. The molecule has 1 amide bonds. The third-order valence-corrected chi connectivity index (χ3v) is 3.85. The second-order valence-corrected chi connectivity index (χ2v) is 5.26. The summed E-state index contributed by atoms with van der Waals surface area (Å²) in [5, 5.41) is 14.4. The van der Waals surface area contributed by atoms with Crippen molar-refractivity contribution >= 4 is 11.6 Å². The highest BCUT2D eigenvalue weighted by atomic mass is 16.6. The fourth-order valence-electron chi connectivity index (χ4n) is 2.69. The number of carbonyl (C=O) groups excluding carboxylic acids is 1. The zero-order chi connectivity index (χ0) is 15.2. The molecular formula is C15H21N3O3. The van der Waals surface area contributed by atoms with Gasteiger partial charge in [-0.15, -0.1) is 0 Å². The predicted molar refractivity (Wildman–Crippen MR) is 80.3 cm³/mol. The van der Waals surface area contributed by atoms with Crippen LogP contribution in [0.1, 0.15) is 36.5 Å². The summed E-state index contributed by atoms with van der Waals surface area (Å²) < 4.78 is 0. The van der Waals surface area contributed by atoms with Crippen molar-refractivity contribution in [3.8, 4) is 0 Å². The van der Waals surface area contributed by atoms with Gasteiger partial charge in [0.25, 0.3) is 11.6 Å². The van der Waals surface area contributed by atoms with Crippen molar-refractivity contribution in [3.05, 3.63) is 39.9 Å². The Morgan fingerprint density at radius 3 is 2.81 bits per heavy atom. The van der Waals surface area contributed by atoms with Gasteiger partial charge in [0.1, 0.15) is 5.56 Å². The normalized spacial score (nSPS) is 18.2. The number of hydrogen-bond donors (Lipinski definition) is 1. The monoisotopic (exact) mass is 291 g/mol. The summed E-state index contributed by atoms with van der Waals surface area (Å²) in [6, 6.07) is 6.42. The van der Waals surface area contributed by atoms with Gasteiger partial charge in [-0.05, 0) is 32.4 Å². The molecule has 0 saturated carbocycles. The zero-order valence-corrected chi connectivity index (χ0v) is 12.2.